The summed E-state index contributed by atoms with van der Waals surface area (Å²) in [5.74, 6) is 1.04. The van der Waals surface area contributed by atoms with E-state index in [-0.39, 0.29) is 35.0 Å². The topological polar surface area (TPSA) is 52.6 Å². The molecule has 0 amide bonds. The van der Waals surface area contributed by atoms with Gasteiger partial charge in [0.2, 0.25) is 0 Å². The molecular formula is C13H18ClF3IN5. The molecule has 1 aliphatic rings. The molecule has 1 aromatic heterocycles. The Hall–Kier alpha value is -0.970. The van der Waals surface area contributed by atoms with Crippen LogP contribution in [0.3, 0.4) is 0 Å². The van der Waals surface area contributed by atoms with Gasteiger partial charge in [-0.15, -0.1) is 24.0 Å². The highest BCUT2D eigenvalue weighted by Gasteiger charge is 2.33. The molecule has 1 saturated heterocycles. The summed E-state index contributed by atoms with van der Waals surface area (Å²) in [6.07, 6.45) is -2.81. The molecule has 1 unspecified atom stereocenters. The summed E-state index contributed by atoms with van der Waals surface area (Å²) in [6.45, 7) is 1.26. The highest BCUT2D eigenvalue weighted by atomic mass is 127. The zero-order chi connectivity index (χ0) is 16.3. The van der Waals surface area contributed by atoms with Gasteiger partial charge >= 0.3 is 6.18 Å². The first-order valence-corrected chi connectivity index (χ1v) is 7.11. The van der Waals surface area contributed by atoms with Gasteiger partial charge in [-0.3, -0.25) is 4.99 Å². The van der Waals surface area contributed by atoms with Crippen molar-refractivity contribution in [2.75, 3.05) is 32.1 Å². The van der Waals surface area contributed by atoms with Gasteiger partial charge in [0.1, 0.15) is 5.82 Å². The van der Waals surface area contributed by atoms with Crippen LogP contribution in [0.25, 0.3) is 0 Å². The average Bonchev–Trinajstić information content (AvgIpc) is 2.92. The fourth-order valence-corrected chi connectivity index (χ4v) is 2.62. The highest BCUT2D eigenvalue weighted by molar-refractivity contribution is 14.0. The Morgan fingerprint density at radius 3 is 2.70 bits per heavy atom. The Balaban J connectivity index is 0.00000264. The smallest absolute Gasteiger partial charge is 0.359 e. The number of rotatable bonds is 2. The standard InChI is InChI=1S/C13H17ClF3N5.HI/c1-18-12(19-2)21-9-3-4-22(7-9)11-10(14)5-8(6-20-11)13(15,16)17;/h5-6,9H,3-4,7H2,1-2H3,(H2,18,19,21);1H. The Kier molecular flexibility index (Phi) is 7.18. The summed E-state index contributed by atoms with van der Waals surface area (Å²) in [5.41, 5.74) is -0.842. The van der Waals surface area contributed by atoms with Gasteiger partial charge in [-0.2, -0.15) is 13.2 Å². The molecule has 2 heterocycles. The number of nitrogens with zero attached hydrogens (tertiary/aromatic N) is 3. The van der Waals surface area contributed by atoms with Gasteiger partial charge in [-0.25, -0.2) is 4.98 Å². The van der Waals surface area contributed by atoms with E-state index in [1.54, 1.807) is 14.1 Å². The number of hydrogen-bond acceptors (Lipinski definition) is 3. The van der Waals surface area contributed by atoms with E-state index in [0.717, 1.165) is 18.7 Å². The van der Waals surface area contributed by atoms with Crippen molar-refractivity contribution >= 4 is 47.4 Å². The highest BCUT2D eigenvalue weighted by Crippen LogP contribution is 2.34. The number of alkyl halides is 3. The minimum absolute atomic E-state index is 0. The maximum Gasteiger partial charge on any atom is 0.417 e. The van der Waals surface area contributed by atoms with Crippen LogP contribution < -0.4 is 15.5 Å². The first kappa shape index (κ1) is 20.1. The van der Waals surface area contributed by atoms with Crippen LogP contribution in [0.2, 0.25) is 5.02 Å². The summed E-state index contributed by atoms with van der Waals surface area (Å²) in [6, 6.07) is 1.04. The largest absolute Gasteiger partial charge is 0.417 e. The maximum atomic E-state index is 12.6. The number of guanidine groups is 1. The molecule has 0 spiro atoms. The Morgan fingerprint density at radius 1 is 1.48 bits per heavy atom. The molecule has 5 nitrogen and oxygen atoms in total. The first-order chi connectivity index (χ1) is 10.3. The molecule has 23 heavy (non-hydrogen) atoms. The van der Waals surface area contributed by atoms with Crippen LogP contribution >= 0.6 is 35.6 Å². The van der Waals surface area contributed by atoms with Gasteiger partial charge in [0, 0.05) is 39.4 Å². The third-order valence-electron chi connectivity index (χ3n) is 3.44. The van der Waals surface area contributed by atoms with Gasteiger partial charge in [0.15, 0.2) is 5.96 Å². The van der Waals surface area contributed by atoms with E-state index in [4.69, 9.17) is 11.6 Å². The van der Waals surface area contributed by atoms with Crippen molar-refractivity contribution in [3.8, 4) is 0 Å². The third-order valence-corrected chi connectivity index (χ3v) is 3.72. The van der Waals surface area contributed by atoms with Crippen molar-refractivity contribution in [3.63, 3.8) is 0 Å². The van der Waals surface area contributed by atoms with Crippen LogP contribution in [-0.2, 0) is 6.18 Å². The second kappa shape index (κ2) is 8.22. The Bertz CT molecular complexity index is 567. The SMILES string of the molecule is CN=C(NC)NC1CCN(c2ncc(C(F)(F)F)cc2Cl)C1.I. The molecule has 130 valence electrons. The number of pyridine rings is 1. The predicted molar refractivity (Wildman–Crippen MR) is 95.8 cm³/mol. The number of aliphatic imine (C=N–C) groups is 1. The maximum absolute atomic E-state index is 12.6. The van der Waals surface area contributed by atoms with E-state index >= 15 is 0 Å². The summed E-state index contributed by atoms with van der Waals surface area (Å²) in [5, 5.41) is 6.15. The van der Waals surface area contributed by atoms with Gasteiger partial charge in [0.05, 0.1) is 10.6 Å². The zero-order valence-electron chi connectivity index (χ0n) is 12.6. The fraction of sp³-hybridized carbons (Fsp3) is 0.538. The predicted octanol–water partition coefficient (Wildman–Crippen LogP) is 2.75. The number of aromatic nitrogens is 1. The lowest BCUT2D eigenvalue weighted by Gasteiger charge is -2.20. The summed E-state index contributed by atoms with van der Waals surface area (Å²) >= 11 is 5.96. The molecule has 0 radical (unpaired) electrons. The first-order valence-electron chi connectivity index (χ1n) is 6.74. The van der Waals surface area contributed by atoms with Crippen molar-refractivity contribution in [1.29, 1.82) is 0 Å². The van der Waals surface area contributed by atoms with Crippen molar-refractivity contribution < 1.29 is 13.2 Å². The molecule has 1 atom stereocenters. The molecule has 0 saturated carbocycles. The van der Waals surface area contributed by atoms with Crippen LogP contribution in [0.15, 0.2) is 17.3 Å². The van der Waals surface area contributed by atoms with Crippen LogP contribution in [-0.4, -0.2) is 44.2 Å². The number of hydrogen-bond donors (Lipinski definition) is 2. The average molecular weight is 464 g/mol. The summed E-state index contributed by atoms with van der Waals surface area (Å²) in [4.78, 5) is 9.78. The lowest BCUT2D eigenvalue weighted by Crippen LogP contribution is -2.43. The van der Waals surface area contributed by atoms with Gasteiger partial charge in [0.25, 0.3) is 0 Å². The molecule has 2 rings (SSSR count). The second-order valence-electron chi connectivity index (χ2n) is 4.93. The van der Waals surface area contributed by atoms with Crippen molar-refractivity contribution in [3.05, 3.63) is 22.8 Å². The molecule has 10 heteroatoms. The second-order valence-corrected chi connectivity index (χ2v) is 5.33. The Labute approximate surface area is 154 Å². The monoisotopic (exact) mass is 463 g/mol. The lowest BCUT2D eigenvalue weighted by atomic mass is 10.2. The van der Waals surface area contributed by atoms with Crippen LogP contribution in [0.4, 0.5) is 19.0 Å². The molecule has 1 aromatic rings. The number of halogens is 5. The Morgan fingerprint density at radius 2 is 2.17 bits per heavy atom. The van der Waals surface area contributed by atoms with E-state index in [0.29, 0.717) is 24.9 Å². The van der Waals surface area contributed by atoms with E-state index < -0.39 is 11.7 Å². The molecule has 0 aromatic carbocycles. The van der Waals surface area contributed by atoms with Crippen molar-refractivity contribution in [1.82, 2.24) is 15.6 Å². The molecule has 1 fully saturated rings. The van der Waals surface area contributed by atoms with Crippen LogP contribution in [0.1, 0.15) is 12.0 Å². The minimum atomic E-state index is -4.44. The van der Waals surface area contributed by atoms with Crippen molar-refractivity contribution in [2.24, 2.45) is 4.99 Å². The van der Waals surface area contributed by atoms with E-state index in [1.165, 1.54) is 0 Å². The van der Waals surface area contributed by atoms with E-state index in [2.05, 4.69) is 20.6 Å². The van der Waals surface area contributed by atoms with Crippen molar-refractivity contribution in [2.45, 2.75) is 18.6 Å². The summed E-state index contributed by atoms with van der Waals surface area (Å²) in [7, 11) is 3.43. The lowest BCUT2D eigenvalue weighted by molar-refractivity contribution is -0.137. The van der Waals surface area contributed by atoms with Crippen LogP contribution in [0.5, 0.6) is 0 Å². The molecule has 0 aliphatic carbocycles. The fourth-order valence-electron chi connectivity index (χ4n) is 2.33. The quantitative estimate of drug-likeness (QED) is 0.402. The van der Waals surface area contributed by atoms with Gasteiger partial charge in [-0.05, 0) is 12.5 Å². The van der Waals surface area contributed by atoms with Gasteiger partial charge < -0.3 is 15.5 Å². The third kappa shape index (κ3) is 5.00. The molecule has 2 N–H and O–H groups in total. The summed E-state index contributed by atoms with van der Waals surface area (Å²) < 4.78 is 37.9. The molecule has 0 bridgehead atoms. The zero-order valence-corrected chi connectivity index (χ0v) is 15.7. The normalized spacial score (nSPS) is 18.6. The number of nitrogens with one attached hydrogen (secondary N) is 2. The minimum Gasteiger partial charge on any atom is -0.359 e. The molecular weight excluding hydrogens is 446 g/mol. The van der Waals surface area contributed by atoms with E-state index in [1.807, 2.05) is 4.90 Å². The van der Waals surface area contributed by atoms with Gasteiger partial charge in [-0.1, -0.05) is 11.6 Å². The van der Waals surface area contributed by atoms with Crippen LogP contribution in [0, 0.1) is 0 Å². The number of anilines is 1. The van der Waals surface area contributed by atoms with E-state index in [9.17, 15) is 13.2 Å². The molecule has 1 aliphatic heterocycles.